The van der Waals surface area contributed by atoms with Crippen LogP contribution in [-0.2, 0) is 12.2 Å². The highest BCUT2D eigenvalue weighted by atomic mass is 19.4. The lowest BCUT2D eigenvalue weighted by molar-refractivity contribution is -0.187. The Morgan fingerprint density at radius 1 is 1.37 bits per heavy atom. The lowest BCUT2D eigenvalue weighted by Crippen LogP contribution is -2.39. The molecule has 2 rings (SSSR count). The zero-order valence-electron chi connectivity index (χ0n) is 9.37. The van der Waals surface area contributed by atoms with Crippen molar-refractivity contribution >= 4 is 5.96 Å². The highest BCUT2D eigenvalue weighted by Crippen LogP contribution is 2.46. The standard InChI is InChI=1S/C10H8F4N5/c11-7-3-5(4-15)1-2-6(7)9(10(12,13)14)17-8(16)18-19-9/h2-3H,4,15H2,(H2,16,17). The number of aliphatic imine (C=N–C) groups is 1. The van der Waals surface area contributed by atoms with Crippen LogP contribution in [0.5, 0.6) is 0 Å². The van der Waals surface area contributed by atoms with Gasteiger partial charge in [-0.05, 0) is 23.8 Å². The van der Waals surface area contributed by atoms with E-state index in [1.807, 2.05) is 0 Å². The summed E-state index contributed by atoms with van der Waals surface area (Å²) in [5, 5.41) is 6.03. The molecule has 1 aromatic carbocycles. The van der Waals surface area contributed by atoms with Gasteiger partial charge >= 0.3 is 6.18 Å². The van der Waals surface area contributed by atoms with Crippen molar-refractivity contribution in [1.82, 2.24) is 0 Å². The van der Waals surface area contributed by atoms with Crippen LogP contribution in [0.2, 0.25) is 0 Å². The fourth-order valence-electron chi connectivity index (χ4n) is 1.61. The number of halogens is 4. The van der Waals surface area contributed by atoms with Gasteiger partial charge in [0, 0.05) is 12.1 Å². The number of benzene rings is 1. The number of azo groups is 1. The molecule has 0 fully saturated rings. The third-order valence-electron chi connectivity index (χ3n) is 2.52. The van der Waals surface area contributed by atoms with Crippen LogP contribution in [-0.4, -0.2) is 12.1 Å². The van der Waals surface area contributed by atoms with Crippen molar-refractivity contribution in [3.05, 3.63) is 35.1 Å². The van der Waals surface area contributed by atoms with Crippen LogP contribution in [0.4, 0.5) is 17.6 Å². The van der Waals surface area contributed by atoms with Crippen molar-refractivity contribution in [2.45, 2.75) is 18.4 Å². The second kappa shape index (κ2) is 4.26. The van der Waals surface area contributed by atoms with E-state index in [0.717, 1.165) is 12.1 Å². The van der Waals surface area contributed by atoms with Gasteiger partial charge in [0.2, 0.25) is 5.96 Å². The van der Waals surface area contributed by atoms with E-state index in [1.54, 1.807) is 0 Å². The maximum atomic E-state index is 13.8. The molecule has 9 heteroatoms. The topological polar surface area (TPSA) is 89.1 Å². The highest BCUT2D eigenvalue weighted by Gasteiger charge is 2.60. The normalized spacial score (nSPS) is 22.7. The van der Waals surface area contributed by atoms with E-state index >= 15 is 0 Å². The molecule has 4 N–H and O–H groups in total. The Balaban J connectivity index is 2.63. The van der Waals surface area contributed by atoms with Crippen molar-refractivity contribution in [3.63, 3.8) is 0 Å². The Bertz CT molecular complexity index is 566. The van der Waals surface area contributed by atoms with E-state index in [2.05, 4.69) is 21.3 Å². The minimum absolute atomic E-state index is 0.0524. The third kappa shape index (κ3) is 2.05. The summed E-state index contributed by atoms with van der Waals surface area (Å²) < 4.78 is 53.2. The maximum absolute atomic E-state index is 13.8. The van der Waals surface area contributed by atoms with Gasteiger partial charge in [-0.3, -0.25) is 0 Å². The zero-order chi connectivity index (χ0) is 14.3. The minimum atomic E-state index is -4.98. The molecule has 0 amide bonds. The second-order valence-electron chi connectivity index (χ2n) is 3.76. The quantitative estimate of drug-likeness (QED) is 0.802. The van der Waals surface area contributed by atoms with Gasteiger partial charge in [-0.25, -0.2) is 9.38 Å². The van der Waals surface area contributed by atoms with Gasteiger partial charge in [-0.1, -0.05) is 0 Å². The molecule has 1 unspecified atom stereocenters. The van der Waals surface area contributed by atoms with Crippen LogP contribution < -0.4 is 11.5 Å². The Kier molecular flexibility index (Phi) is 3.01. The molecule has 1 aliphatic heterocycles. The predicted octanol–water partition coefficient (Wildman–Crippen LogP) is 1.58. The molecule has 101 valence electrons. The lowest BCUT2D eigenvalue weighted by atomic mass is 9.98. The summed E-state index contributed by atoms with van der Waals surface area (Å²) in [5.41, 5.74) is 6.60. The monoisotopic (exact) mass is 274 g/mol. The lowest BCUT2D eigenvalue weighted by Gasteiger charge is -2.25. The number of guanidine groups is 1. The molecule has 0 saturated carbocycles. The first-order valence-corrected chi connectivity index (χ1v) is 5.06. The average Bonchev–Trinajstić information content (AvgIpc) is 2.71. The van der Waals surface area contributed by atoms with E-state index in [-0.39, 0.29) is 12.1 Å². The molecule has 1 aliphatic rings. The molecular weight excluding hydrogens is 266 g/mol. The van der Waals surface area contributed by atoms with E-state index in [0.29, 0.717) is 0 Å². The average molecular weight is 274 g/mol. The molecule has 1 atom stereocenters. The van der Waals surface area contributed by atoms with Gasteiger partial charge in [-0.15, -0.1) is 10.2 Å². The molecule has 0 spiro atoms. The number of rotatable bonds is 2. The van der Waals surface area contributed by atoms with E-state index < -0.39 is 29.2 Å². The molecule has 5 nitrogen and oxygen atoms in total. The number of alkyl halides is 3. The Labute approximate surface area is 105 Å². The molecule has 1 aromatic rings. The molecule has 0 bridgehead atoms. The summed E-state index contributed by atoms with van der Waals surface area (Å²) in [6.45, 7) is -0.0524. The van der Waals surface area contributed by atoms with Gasteiger partial charge in [0.05, 0.1) is 0 Å². The Morgan fingerprint density at radius 2 is 2.05 bits per heavy atom. The van der Waals surface area contributed by atoms with Crippen LogP contribution in [0.25, 0.3) is 0 Å². The SMILES string of the molecule is NCc1[c]cc(C2(C(F)(F)F)N=NC(N)=N2)c(F)c1. The van der Waals surface area contributed by atoms with Gasteiger partial charge in [0.25, 0.3) is 5.66 Å². The number of hydrogen-bond donors (Lipinski definition) is 2. The molecule has 0 aliphatic carbocycles. The largest absolute Gasteiger partial charge is 0.440 e. The first kappa shape index (κ1) is 13.4. The van der Waals surface area contributed by atoms with E-state index in [1.165, 1.54) is 0 Å². The minimum Gasteiger partial charge on any atom is -0.367 e. The summed E-state index contributed by atoms with van der Waals surface area (Å²) >= 11 is 0. The molecule has 1 heterocycles. The maximum Gasteiger partial charge on any atom is 0.440 e. The van der Waals surface area contributed by atoms with E-state index in [9.17, 15) is 17.6 Å². The van der Waals surface area contributed by atoms with Gasteiger partial charge < -0.3 is 11.5 Å². The van der Waals surface area contributed by atoms with Gasteiger partial charge in [0.1, 0.15) is 5.82 Å². The first-order chi connectivity index (χ1) is 8.80. The number of nitrogens with two attached hydrogens (primary N) is 2. The van der Waals surface area contributed by atoms with Gasteiger partial charge in [-0.2, -0.15) is 13.2 Å². The summed E-state index contributed by atoms with van der Waals surface area (Å²) in [7, 11) is 0. The van der Waals surface area contributed by atoms with Crippen molar-refractivity contribution < 1.29 is 17.6 Å². The van der Waals surface area contributed by atoms with E-state index in [4.69, 9.17) is 11.5 Å². The van der Waals surface area contributed by atoms with Crippen LogP contribution in [0.15, 0.2) is 27.4 Å². The number of hydrogen-bond acceptors (Lipinski definition) is 5. The van der Waals surface area contributed by atoms with Crippen LogP contribution in [0, 0.1) is 11.9 Å². The zero-order valence-corrected chi connectivity index (χ0v) is 9.37. The molecule has 0 aromatic heterocycles. The number of nitrogens with zero attached hydrogens (tertiary/aromatic N) is 3. The summed E-state index contributed by atoms with van der Waals surface area (Å²) in [5.74, 6) is -1.81. The van der Waals surface area contributed by atoms with Crippen LogP contribution >= 0.6 is 0 Å². The first-order valence-electron chi connectivity index (χ1n) is 5.06. The Hall–Kier alpha value is -2.03. The highest BCUT2D eigenvalue weighted by molar-refractivity contribution is 5.80. The summed E-state index contributed by atoms with van der Waals surface area (Å²) in [4.78, 5) is 3.12. The summed E-state index contributed by atoms with van der Waals surface area (Å²) in [6, 6.07) is 4.10. The molecule has 0 saturated heterocycles. The predicted molar refractivity (Wildman–Crippen MR) is 57.3 cm³/mol. The van der Waals surface area contributed by atoms with Crippen molar-refractivity contribution in [3.8, 4) is 0 Å². The summed E-state index contributed by atoms with van der Waals surface area (Å²) in [6.07, 6.45) is -4.98. The molecule has 1 radical (unpaired) electrons. The van der Waals surface area contributed by atoms with Crippen molar-refractivity contribution in [2.75, 3.05) is 0 Å². The van der Waals surface area contributed by atoms with Crippen LogP contribution in [0.3, 0.4) is 0 Å². The molecular formula is C10H8F4N5. The fraction of sp³-hybridized carbons (Fsp3) is 0.300. The van der Waals surface area contributed by atoms with Gasteiger partial charge in [0.15, 0.2) is 0 Å². The van der Waals surface area contributed by atoms with Crippen LogP contribution in [0.1, 0.15) is 11.1 Å². The van der Waals surface area contributed by atoms with Crippen molar-refractivity contribution in [2.24, 2.45) is 26.7 Å². The second-order valence-corrected chi connectivity index (χ2v) is 3.76. The fourth-order valence-corrected chi connectivity index (χ4v) is 1.61. The Morgan fingerprint density at radius 3 is 2.47 bits per heavy atom. The third-order valence-corrected chi connectivity index (χ3v) is 2.52. The van der Waals surface area contributed by atoms with Crippen molar-refractivity contribution in [1.29, 1.82) is 0 Å². The smallest absolute Gasteiger partial charge is 0.367 e. The molecule has 19 heavy (non-hydrogen) atoms.